The average Bonchev–Trinajstić information content (AvgIpc) is 2.72. The second-order valence-electron chi connectivity index (χ2n) is 7.20. The number of rotatable bonds is 10. The van der Waals surface area contributed by atoms with E-state index in [1.54, 1.807) is 0 Å². The molecule has 1 aliphatic heterocycles. The fraction of sp³-hybridized carbons (Fsp3) is 0.714. The summed E-state index contributed by atoms with van der Waals surface area (Å²) in [6, 6.07) is 2.51. The maximum Gasteiger partial charge on any atom is 0.336 e. The van der Waals surface area contributed by atoms with Gasteiger partial charge in [-0.05, 0) is 31.8 Å². The molecule has 30 heavy (non-hydrogen) atoms. The number of hydrogen-bond acceptors (Lipinski definition) is 9. The molecule has 8 nitrogen and oxygen atoms in total. The van der Waals surface area contributed by atoms with E-state index in [9.17, 15) is 14.7 Å². The van der Waals surface area contributed by atoms with Crippen LogP contribution in [0.5, 0.6) is 5.75 Å². The van der Waals surface area contributed by atoms with Crippen LogP contribution in [0.2, 0.25) is 0 Å². The van der Waals surface area contributed by atoms with Crippen molar-refractivity contribution in [2.24, 2.45) is 0 Å². The van der Waals surface area contributed by atoms with E-state index in [-0.39, 0.29) is 17.3 Å². The van der Waals surface area contributed by atoms with Gasteiger partial charge in [-0.25, -0.2) is 4.79 Å². The van der Waals surface area contributed by atoms with E-state index in [1.807, 2.05) is 0 Å². The third kappa shape index (κ3) is 14.6. The zero-order valence-corrected chi connectivity index (χ0v) is 18.6. The molecule has 0 spiro atoms. The summed E-state index contributed by atoms with van der Waals surface area (Å²) in [6.45, 7) is 2.91. The lowest BCUT2D eigenvalue weighted by molar-refractivity contribution is -0.119. The van der Waals surface area contributed by atoms with Gasteiger partial charge >= 0.3 is 5.63 Å². The quantitative estimate of drug-likeness (QED) is 0.209. The highest BCUT2D eigenvalue weighted by Gasteiger charge is 2.17. The van der Waals surface area contributed by atoms with Crippen molar-refractivity contribution in [2.75, 3.05) is 13.2 Å². The van der Waals surface area contributed by atoms with Gasteiger partial charge in [0, 0.05) is 31.7 Å². The van der Waals surface area contributed by atoms with Crippen molar-refractivity contribution in [2.45, 2.75) is 83.3 Å². The monoisotopic (exact) mass is 448 g/mol. The van der Waals surface area contributed by atoms with Gasteiger partial charge in [0.15, 0.2) is 5.75 Å². The molecule has 0 amide bonds. The van der Waals surface area contributed by atoms with Crippen molar-refractivity contribution in [1.29, 1.82) is 0 Å². The summed E-state index contributed by atoms with van der Waals surface area (Å²) in [7, 11) is 0. The Morgan fingerprint density at radius 2 is 1.63 bits per heavy atom. The van der Waals surface area contributed by atoms with E-state index in [0.29, 0.717) is 45.3 Å². The number of unbranched alkanes of at least 4 members (excludes halogenated alkanes) is 4. The van der Waals surface area contributed by atoms with Crippen LogP contribution in [0.25, 0.3) is 0 Å². The molecule has 0 aromatic carbocycles. The summed E-state index contributed by atoms with van der Waals surface area (Å²) in [5.74, 6) is 0.504. The van der Waals surface area contributed by atoms with Gasteiger partial charge in [0.05, 0.1) is 25.4 Å². The number of aliphatic hydroxyl groups excluding tert-OH is 2. The number of ketones is 1. The number of thiol groups is 1. The largest absolute Gasteiger partial charge is 0.504 e. The Morgan fingerprint density at radius 3 is 2.20 bits per heavy atom. The molecular formula is C21H36O8S. The minimum absolute atomic E-state index is 0.0170. The standard InChI is InChI=1S/C16H24O4.C5H10O3.H2OS/c1-2-3-4-5-6-8-13(17)9-7-10-15-14(18)11-12-16(19)20-15;6-4-1-5(7)3-8-2-4;1-2/h11-12,18H,2-10H2,1H3;4-7H,1-3H2;1-2H/t;4-,5?;/m.1./s1. The Morgan fingerprint density at radius 1 is 1.03 bits per heavy atom. The SMILES string of the molecule is CCCCCCCC(=O)CCCc1oc(=O)ccc1O.OC1COC[C@H](O)C1.OS. The lowest BCUT2D eigenvalue weighted by atomic mass is 10.0. The van der Waals surface area contributed by atoms with Gasteiger partial charge in [-0.15, -0.1) is 0 Å². The number of aryl methyl sites for hydroxylation is 1. The lowest BCUT2D eigenvalue weighted by Gasteiger charge is -2.21. The molecule has 1 fully saturated rings. The molecule has 0 aliphatic carbocycles. The molecule has 1 aromatic heterocycles. The van der Waals surface area contributed by atoms with E-state index >= 15 is 0 Å². The summed E-state index contributed by atoms with van der Waals surface area (Å²) in [5, 5.41) is 27.1. The third-order valence-electron chi connectivity index (χ3n) is 4.47. The summed E-state index contributed by atoms with van der Waals surface area (Å²) in [4.78, 5) is 22.7. The minimum Gasteiger partial charge on any atom is -0.504 e. The van der Waals surface area contributed by atoms with Gasteiger partial charge in [0.25, 0.3) is 0 Å². The highest BCUT2D eigenvalue weighted by Crippen LogP contribution is 2.16. The fourth-order valence-electron chi connectivity index (χ4n) is 2.91. The minimum atomic E-state index is -0.472. The Hall–Kier alpha value is -1.39. The zero-order chi connectivity index (χ0) is 22.8. The molecule has 0 bridgehead atoms. The molecular weight excluding hydrogens is 412 g/mol. The highest BCUT2D eigenvalue weighted by atomic mass is 32.1. The maximum absolute atomic E-state index is 11.7. The van der Waals surface area contributed by atoms with E-state index < -0.39 is 17.8 Å². The maximum atomic E-state index is 11.7. The first-order valence-electron chi connectivity index (χ1n) is 10.4. The molecule has 1 aromatic rings. The van der Waals surface area contributed by atoms with E-state index in [4.69, 9.17) is 23.9 Å². The van der Waals surface area contributed by atoms with Crippen LogP contribution in [0.1, 0.15) is 70.5 Å². The second kappa shape index (κ2) is 18.4. The van der Waals surface area contributed by atoms with Gasteiger partial charge in [-0.1, -0.05) is 32.6 Å². The van der Waals surface area contributed by atoms with Gasteiger partial charge in [-0.2, -0.15) is 0 Å². The predicted octanol–water partition coefficient (Wildman–Crippen LogP) is 3.12. The van der Waals surface area contributed by atoms with Crippen molar-refractivity contribution in [1.82, 2.24) is 0 Å². The summed E-state index contributed by atoms with van der Waals surface area (Å²) in [6.07, 6.45) is 7.40. The predicted molar refractivity (Wildman–Crippen MR) is 117 cm³/mol. The van der Waals surface area contributed by atoms with Gasteiger partial charge in [0.2, 0.25) is 0 Å². The number of aromatic hydroxyl groups is 1. The first kappa shape index (κ1) is 28.6. The number of aliphatic hydroxyl groups is 2. The molecule has 1 aliphatic rings. The Kier molecular flexibility index (Phi) is 17.5. The number of carbonyl (C=O) groups is 1. The molecule has 9 heteroatoms. The van der Waals surface area contributed by atoms with Crippen LogP contribution in [0.15, 0.2) is 21.3 Å². The number of Topliss-reactive ketones (excluding diaryl/α,β-unsaturated/α-hetero) is 1. The summed E-state index contributed by atoms with van der Waals surface area (Å²) < 4.78 is 16.4. The average molecular weight is 449 g/mol. The van der Waals surface area contributed by atoms with Crippen molar-refractivity contribution in [3.05, 3.63) is 28.3 Å². The zero-order valence-electron chi connectivity index (χ0n) is 17.7. The normalized spacial score (nSPS) is 17.9. The molecule has 2 heterocycles. The van der Waals surface area contributed by atoms with Crippen LogP contribution in [0.3, 0.4) is 0 Å². The lowest BCUT2D eigenvalue weighted by Crippen LogP contribution is -2.32. The Labute approximate surface area is 183 Å². The molecule has 1 saturated heterocycles. The highest BCUT2D eigenvalue weighted by molar-refractivity contribution is 7.74. The van der Waals surface area contributed by atoms with Crippen LogP contribution in [-0.4, -0.2) is 51.1 Å². The van der Waals surface area contributed by atoms with Gasteiger partial charge < -0.3 is 29.0 Å². The molecule has 0 radical (unpaired) electrons. The Bertz CT molecular complexity index is 611. The number of ether oxygens (including phenoxy) is 1. The van der Waals surface area contributed by atoms with Crippen LogP contribution in [0, 0.1) is 0 Å². The van der Waals surface area contributed by atoms with Crippen LogP contribution < -0.4 is 5.63 Å². The van der Waals surface area contributed by atoms with Crippen molar-refractivity contribution < 1.29 is 33.8 Å². The van der Waals surface area contributed by atoms with Crippen LogP contribution in [-0.2, 0) is 16.0 Å². The summed E-state index contributed by atoms with van der Waals surface area (Å²) in [5.41, 5.74) is -0.472. The summed E-state index contributed by atoms with van der Waals surface area (Å²) >= 11 is 2.53. The molecule has 4 N–H and O–H groups in total. The first-order chi connectivity index (χ1) is 14.4. The van der Waals surface area contributed by atoms with Crippen molar-refractivity contribution in [3.8, 4) is 5.75 Å². The second-order valence-corrected chi connectivity index (χ2v) is 7.20. The first-order valence-corrected chi connectivity index (χ1v) is 10.8. The fourth-order valence-corrected chi connectivity index (χ4v) is 2.91. The van der Waals surface area contributed by atoms with Crippen molar-refractivity contribution in [3.63, 3.8) is 0 Å². The molecule has 1 unspecified atom stereocenters. The molecule has 0 saturated carbocycles. The number of hydrogen-bond donors (Lipinski definition) is 5. The Balaban J connectivity index is 0.000000696. The van der Waals surface area contributed by atoms with Crippen molar-refractivity contribution >= 4 is 18.7 Å². The third-order valence-corrected chi connectivity index (χ3v) is 4.47. The number of carbonyl (C=O) groups excluding carboxylic acids is 1. The van der Waals surface area contributed by atoms with E-state index in [0.717, 1.165) is 12.8 Å². The van der Waals surface area contributed by atoms with Gasteiger partial charge in [-0.3, -0.25) is 4.79 Å². The molecule has 2 atom stereocenters. The van der Waals surface area contributed by atoms with E-state index in [1.165, 1.54) is 31.4 Å². The van der Waals surface area contributed by atoms with Gasteiger partial charge in [0.1, 0.15) is 11.5 Å². The smallest absolute Gasteiger partial charge is 0.336 e. The van der Waals surface area contributed by atoms with E-state index in [2.05, 4.69) is 19.8 Å². The topological polar surface area (TPSA) is 137 Å². The van der Waals surface area contributed by atoms with Crippen LogP contribution in [0.4, 0.5) is 0 Å². The van der Waals surface area contributed by atoms with Crippen LogP contribution >= 0.6 is 12.9 Å². The molecule has 174 valence electrons. The molecule has 2 rings (SSSR count).